The summed E-state index contributed by atoms with van der Waals surface area (Å²) in [4.78, 5) is 0. The Labute approximate surface area is 140 Å². The van der Waals surface area contributed by atoms with Crippen LogP contribution in [0.1, 0.15) is 27.9 Å². The molecular formula is C19H17FN4. The van der Waals surface area contributed by atoms with Crippen LogP contribution in [-0.2, 0) is 13.0 Å². The fourth-order valence-corrected chi connectivity index (χ4v) is 2.70. The van der Waals surface area contributed by atoms with Gasteiger partial charge in [0, 0.05) is 12.0 Å². The molecule has 0 spiro atoms. The van der Waals surface area contributed by atoms with E-state index in [2.05, 4.69) is 11.2 Å². The molecule has 0 amide bonds. The van der Waals surface area contributed by atoms with Crippen LogP contribution in [0.4, 0.5) is 10.2 Å². The fraction of sp³-hybridized carbons (Fsp3) is 0.158. The minimum absolute atomic E-state index is 0.195. The molecule has 3 rings (SSSR count). The molecule has 0 aliphatic carbocycles. The van der Waals surface area contributed by atoms with Gasteiger partial charge >= 0.3 is 0 Å². The Bertz CT molecular complexity index is 921. The van der Waals surface area contributed by atoms with Crippen molar-refractivity contribution in [3.8, 4) is 6.07 Å². The van der Waals surface area contributed by atoms with Gasteiger partial charge in [-0.1, -0.05) is 48.0 Å². The zero-order valence-corrected chi connectivity index (χ0v) is 13.3. The van der Waals surface area contributed by atoms with Crippen molar-refractivity contribution in [1.82, 2.24) is 9.78 Å². The molecule has 2 aromatic carbocycles. The van der Waals surface area contributed by atoms with Gasteiger partial charge in [0.15, 0.2) is 0 Å². The van der Waals surface area contributed by atoms with E-state index in [1.54, 1.807) is 18.2 Å². The molecule has 4 nitrogen and oxygen atoms in total. The number of hydrogen-bond acceptors (Lipinski definition) is 3. The largest absolute Gasteiger partial charge is 0.383 e. The number of anilines is 1. The lowest BCUT2D eigenvalue weighted by Crippen LogP contribution is -2.07. The molecule has 0 radical (unpaired) electrons. The average molecular weight is 320 g/mol. The number of halogens is 1. The smallest absolute Gasteiger partial charge is 0.140 e. The van der Waals surface area contributed by atoms with E-state index < -0.39 is 0 Å². The fourth-order valence-electron chi connectivity index (χ4n) is 2.70. The molecule has 120 valence electrons. The zero-order valence-electron chi connectivity index (χ0n) is 13.3. The molecule has 0 fully saturated rings. The molecular weight excluding hydrogens is 303 g/mol. The second kappa shape index (κ2) is 6.55. The molecule has 1 aromatic heterocycles. The predicted molar refractivity (Wildman–Crippen MR) is 90.8 cm³/mol. The van der Waals surface area contributed by atoms with Crippen LogP contribution < -0.4 is 5.73 Å². The van der Waals surface area contributed by atoms with Crippen molar-refractivity contribution >= 4 is 5.82 Å². The van der Waals surface area contributed by atoms with Gasteiger partial charge in [-0.15, -0.1) is 0 Å². The Morgan fingerprint density at radius 3 is 2.71 bits per heavy atom. The van der Waals surface area contributed by atoms with Crippen molar-refractivity contribution in [3.05, 3.63) is 82.3 Å². The van der Waals surface area contributed by atoms with Crippen LogP contribution in [0.2, 0.25) is 0 Å². The number of nitriles is 1. The molecule has 3 aromatic rings. The van der Waals surface area contributed by atoms with Gasteiger partial charge in [-0.2, -0.15) is 10.4 Å². The van der Waals surface area contributed by atoms with E-state index in [0.717, 1.165) is 11.1 Å². The van der Waals surface area contributed by atoms with Crippen molar-refractivity contribution in [2.45, 2.75) is 19.9 Å². The topological polar surface area (TPSA) is 67.6 Å². The first-order valence-corrected chi connectivity index (χ1v) is 7.62. The lowest BCUT2D eigenvalue weighted by molar-refractivity contribution is 0.586. The number of nitrogens with zero attached hydrogens (tertiary/aromatic N) is 3. The minimum atomic E-state index is -0.314. The molecule has 24 heavy (non-hydrogen) atoms. The Balaban J connectivity index is 1.94. The molecule has 0 aliphatic rings. The quantitative estimate of drug-likeness (QED) is 0.801. The van der Waals surface area contributed by atoms with Gasteiger partial charge in [-0.3, -0.25) is 0 Å². The van der Waals surface area contributed by atoms with Gasteiger partial charge in [-0.05, 0) is 18.6 Å². The number of aryl methyl sites for hydroxylation is 1. The predicted octanol–water partition coefficient (Wildman–Crippen LogP) is 3.42. The second-order valence-electron chi connectivity index (χ2n) is 5.73. The van der Waals surface area contributed by atoms with Gasteiger partial charge in [0.2, 0.25) is 0 Å². The van der Waals surface area contributed by atoms with E-state index in [9.17, 15) is 9.65 Å². The summed E-state index contributed by atoms with van der Waals surface area (Å²) in [7, 11) is 0. The average Bonchev–Trinajstić information content (AvgIpc) is 2.84. The SMILES string of the molecule is Cc1cccc(Cc2nn(Cc3ccccc3F)c(N)c2C#N)c1. The third kappa shape index (κ3) is 3.13. The van der Waals surface area contributed by atoms with Crippen molar-refractivity contribution in [1.29, 1.82) is 5.26 Å². The summed E-state index contributed by atoms with van der Waals surface area (Å²) in [6.45, 7) is 2.21. The lowest BCUT2D eigenvalue weighted by atomic mass is 10.1. The third-order valence-electron chi connectivity index (χ3n) is 3.91. The first-order chi connectivity index (χ1) is 11.6. The van der Waals surface area contributed by atoms with Crippen molar-refractivity contribution in [3.63, 3.8) is 0 Å². The highest BCUT2D eigenvalue weighted by Crippen LogP contribution is 2.21. The zero-order chi connectivity index (χ0) is 17.1. The summed E-state index contributed by atoms with van der Waals surface area (Å²) in [6.07, 6.45) is 0.513. The summed E-state index contributed by atoms with van der Waals surface area (Å²) in [6, 6.07) is 16.6. The molecule has 0 bridgehead atoms. The maximum absolute atomic E-state index is 13.8. The Morgan fingerprint density at radius 2 is 2.00 bits per heavy atom. The number of benzene rings is 2. The number of aromatic nitrogens is 2. The molecule has 0 saturated carbocycles. The standard InChI is InChI=1S/C19H17FN4/c1-13-5-4-6-14(9-13)10-18-16(11-21)19(22)24(23-18)12-15-7-2-3-8-17(15)20/h2-9H,10,12,22H2,1H3. The Hall–Kier alpha value is -3.13. The molecule has 0 unspecified atom stereocenters. The number of rotatable bonds is 4. The third-order valence-corrected chi connectivity index (χ3v) is 3.91. The van der Waals surface area contributed by atoms with Crippen LogP contribution in [0.15, 0.2) is 48.5 Å². The lowest BCUT2D eigenvalue weighted by Gasteiger charge is -2.05. The number of nitrogen functional groups attached to an aromatic ring is 1. The molecule has 0 saturated heterocycles. The van der Waals surface area contributed by atoms with Gasteiger partial charge in [0.05, 0.1) is 12.2 Å². The van der Waals surface area contributed by atoms with Gasteiger partial charge in [-0.25, -0.2) is 9.07 Å². The van der Waals surface area contributed by atoms with E-state index in [1.165, 1.54) is 10.7 Å². The monoisotopic (exact) mass is 320 g/mol. The minimum Gasteiger partial charge on any atom is -0.383 e. The summed E-state index contributed by atoms with van der Waals surface area (Å²) in [5.41, 5.74) is 9.70. The van der Waals surface area contributed by atoms with E-state index in [-0.39, 0.29) is 18.2 Å². The number of hydrogen-bond donors (Lipinski definition) is 1. The maximum Gasteiger partial charge on any atom is 0.140 e. The molecule has 2 N–H and O–H groups in total. The summed E-state index contributed by atoms with van der Waals surface area (Å²) in [5.74, 6) is -0.0467. The highest BCUT2D eigenvalue weighted by atomic mass is 19.1. The van der Waals surface area contributed by atoms with Gasteiger partial charge in [0.25, 0.3) is 0 Å². The maximum atomic E-state index is 13.8. The van der Waals surface area contributed by atoms with Crippen LogP contribution in [0.5, 0.6) is 0 Å². The van der Waals surface area contributed by atoms with E-state index in [1.807, 2.05) is 31.2 Å². The highest BCUT2D eigenvalue weighted by molar-refractivity contribution is 5.53. The van der Waals surface area contributed by atoms with Gasteiger partial charge < -0.3 is 5.73 Å². The van der Waals surface area contributed by atoms with E-state index in [4.69, 9.17) is 5.73 Å². The first-order valence-electron chi connectivity index (χ1n) is 7.62. The first kappa shape index (κ1) is 15.8. The molecule has 0 atom stereocenters. The van der Waals surface area contributed by atoms with Crippen LogP contribution in [0.25, 0.3) is 0 Å². The van der Waals surface area contributed by atoms with Crippen LogP contribution in [0.3, 0.4) is 0 Å². The Kier molecular flexibility index (Phi) is 4.30. The van der Waals surface area contributed by atoms with E-state index in [0.29, 0.717) is 23.2 Å². The van der Waals surface area contributed by atoms with Crippen molar-refractivity contribution in [2.24, 2.45) is 0 Å². The summed E-state index contributed by atoms with van der Waals surface area (Å²) in [5, 5.41) is 13.9. The highest BCUT2D eigenvalue weighted by Gasteiger charge is 2.16. The van der Waals surface area contributed by atoms with Crippen LogP contribution >= 0.6 is 0 Å². The number of nitrogens with two attached hydrogens (primary N) is 1. The summed E-state index contributed by atoms with van der Waals surface area (Å²) >= 11 is 0. The molecule has 1 heterocycles. The molecule has 0 aliphatic heterocycles. The molecule has 5 heteroatoms. The normalized spacial score (nSPS) is 10.5. The Morgan fingerprint density at radius 1 is 1.21 bits per heavy atom. The van der Waals surface area contributed by atoms with E-state index >= 15 is 0 Å². The van der Waals surface area contributed by atoms with Gasteiger partial charge in [0.1, 0.15) is 23.3 Å². The van der Waals surface area contributed by atoms with Crippen molar-refractivity contribution < 1.29 is 4.39 Å². The summed E-state index contributed by atoms with van der Waals surface area (Å²) < 4.78 is 15.3. The van der Waals surface area contributed by atoms with Crippen molar-refractivity contribution in [2.75, 3.05) is 5.73 Å². The second-order valence-corrected chi connectivity index (χ2v) is 5.73. The van der Waals surface area contributed by atoms with Crippen LogP contribution in [0, 0.1) is 24.1 Å². The van der Waals surface area contributed by atoms with Crippen LogP contribution in [-0.4, -0.2) is 9.78 Å².